The molecular weight excluding hydrogens is 238 g/mol. The molecule has 1 aliphatic rings. The van der Waals surface area contributed by atoms with E-state index in [9.17, 15) is 4.79 Å². The van der Waals surface area contributed by atoms with Crippen molar-refractivity contribution in [2.45, 2.75) is 18.7 Å². The van der Waals surface area contributed by atoms with Gasteiger partial charge in [0, 0.05) is 36.2 Å². The van der Waals surface area contributed by atoms with E-state index < -0.39 is 0 Å². The smallest absolute Gasteiger partial charge is 0.301 e. The molecule has 6 heteroatoms. The fraction of sp³-hybridized carbons (Fsp3) is 0.545. The SMILES string of the molecule is CC1CN(Cc2ccoc2C(=O)NN)CCS1. The van der Waals surface area contributed by atoms with Crippen molar-refractivity contribution in [2.75, 3.05) is 18.8 Å². The molecule has 94 valence electrons. The number of nitrogens with two attached hydrogens (primary N) is 1. The highest BCUT2D eigenvalue weighted by atomic mass is 32.2. The Balaban J connectivity index is 2.03. The van der Waals surface area contributed by atoms with Gasteiger partial charge >= 0.3 is 5.91 Å². The van der Waals surface area contributed by atoms with Crippen molar-refractivity contribution in [3.63, 3.8) is 0 Å². The third-order valence-electron chi connectivity index (χ3n) is 2.80. The average Bonchev–Trinajstić information content (AvgIpc) is 2.76. The van der Waals surface area contributed by atoms with Crippen LogP contribution in [-0.2, 0) is 6.54 Å². The van der Waals surface area contributed by atoms with E-state index in [-0.39, 0.29) is 5.91 Å². The summed E-state index contributed by atoms with van der Waals surface area (Å²) in [5.74, 6) is 6.19. The second-order valence-corrected chi connectivity index (χ2v) is 5.71. The van der Waals surface area contributed by atoms with Gasteiger partial charge in [-0.1, -0.05) is 6.92 Å². The van der Waals surface area contributed by atoms with Gasteiger partial charge in [-0.2, -0.15) is 11.8 Å². The first-order valence-electron chi connectivity index (χ1n) is 5.62. The third-order valence-corrected chi connectivity index (χ3v) is 3.94. The number of nitrogen functional groups attached to an aromatic ring is 1. The Morgan fingerprint density at radius 1 is 1.76 bits per heavy atom. The number of hydrazine groups is 1. The molecule has 0 aliphatic carbocycles. The molecule has 1 aromatic rings. The topological polar surface area (TPSA) is 71.5 Å². The lowest BCUT2D eigenvalue weighted by Crippen LogP contribution is -2.37. The van der Waals surface area contributed by atoms with Crippen LogP contribution in [0, 0.1) is 0 Å². The molecule has 0 saturated carbocycles. The molecule has 1 fully saturated rings. The van der Waals surface area contributed by atoms with Gasteiger partial charge in [0.25, 0.3) is 0 Å². The molecule has 0 aromatic carbocycles. The minimum absolute atomic E-state index is 0.318. The van der Waals surface area contributed by atoms with Gasteiger partial charge in [-0.15, -0.1) is 0 Å². The van der Waals surface area contributed by atoms with Crippen molar-refractivity contribution in [3.05, 3.63) is 23.7 Å². The quantitative estimate of drug-likeness (QED) is 0.475. The zero-order chi connectivity index (χ0) is 12.3. The number of hydrogen-bond acceptors (Lipinski definition) is 5. The highest BCUT2D eigenvalue weighted by molar-refractivity contribution is 7.99. The first-order valence-corrected chi connectivity index (χ1v) is 6.67. The van der Waals surface area contributed by atoms with E-state index in [1.54, 1.807) is 0 Å². The number of carbonyl (C=O) groups excluding carboxylic acids is 1. The van der Waals surface area contributed by atoms with Crippen LogP contribution in [0.3, 0.4) is 0 Å². The molecule has 0 radical (unpaired) electrons. The van der Waals surface area contributed by atoms with Gasteiger partial charge in [-0.05, 0) is 6.07 Å². The summed E-state index contributed by atoms with van der Waals surface area (Å²) in [6.07, 6.45) is 1.53. The normalized spacial score (nSPS) is 21.4. The third kappa shape index (κ3) is 3.02. The Labute approximate surface area is 105 Å². The van der Waals surface area contributed by atoms with Gasteiger partial charge in [0.15, 0.2) is 5.76 Å². The molecule has 3 N–H and O–H groups in total. The van der Waals surface area contributed by atoms with Gasteiger partial charge in [0.05, 0.1) is 6.26 Å². The van der Waals surface area contributed by atoms with Crippen LogP contribution in [0.1, 0.15) is 23.0 Å². The van der Waals surface area contributed by atoms with E-state index in [1.807, 2.05) is 17.8 Å². The van der Waals surface area contributed by atoms with E-state index in [2.05, 4.69) is 17.2 Å². The van der Waals surface area contributed by atoms with E-state index in [4.69, 9.17) is 10.3 Å². The molecule has 5 nitrogen and oxygen atoms in total. The molecule has 2 rings (SSSR count). The Kier molecular flexibility index (Phi) is 4.09. The summed E-state index contributed by atoms with van der Waals surface area (Å²) in [6, 6.07) is 1.83. The predicted molar refractivity (Wildman–Crippen MR) is 67.6 cm³/mol. The maximum absolute atomic E-state index is 11.4. The van der Waals surface area contributed by atoms with Crippen molar-refractivity contribution < 1.29 is 9.21 Å². The van der Waals surface area contributed by atoms with Gasteiger partial charge < -0.3 is 4.42 Å². The fourth-order valence-electron chi connectivity index (χ4n) is 2.00. The second kappa shape index (κ2) is 5.57. The van der Waals surface area contributed by atoms with Crippen molar-refractivity contribution in [2.24, 2.45) is 5.84 Å². The largest absolute Gasteiger partial charge is 0.459 e. The maximum atomic E-state index is 11.4. The van der Waals surface area contributed by atoms with E-state index in [1.165, 1.54) is 6.26 Å². The molecule has 1 amide bonds. The summed E-state index contributed by atoms with van der Waals surface area (Å²) in [7, 11) is 0. The fourth-order valence-corrected chi connectivity index (χ4v) is 3.08. The van der Waals surface area contributed by atoms with Gasteiger partial charge in [0.2, 0.25) is 0 Å². The monoisotopic (exact) mass is 255 g/mol. The lowest BCUT2D eigenvalue weighted by atomic mass is 10.2. The molecular formula is C11H17N3O2S. The molecule has 1 aromatic heterocycles. The standard InChI is InChI=1S/C11H17N3O2S/c1-8-6-14(3-5-17-8)7-9-2-4-16-10(9)11(15)13-12/h2,4,8H,3,5-7,12H2,1H3,(H,13,15). The van der Waals surface area contributed by atoms with Crippen molar-refractivity contribution in [1.82, 2.24) is 10.3 Å². The van der Waals surface area contributed by atoms with Crippen molar-refractivity contribution in [1.29, 1.82) is 0 Å². The lowest BCUT2D eigenvalue weighted by Gasteiger charge is -2.30. The van der Waals surface area contributed by atoms with Gasteiger partial charge in [-0.25, -0.2) is 5.84 Å². The Bertz CT molecular complexity index is 394. The Morgan fingerprint density at radius 2 is 2.59 bits per heavy atom. The van der Waals surface area contributed by atoms with Crippen LogP contribution >= 0.6 is 11.8 Å². The highest BCUT2D eigenvalue weighted by Gasteiger charge is 2.20. The zero-order valence-electron chi connectivity index (χ0n) is 9.81. The number of nitrogens with one attached hydrogen (secondary N) is 1. The second-order valence-electron chi connectivity index (χ2n) is 4.16. The summed E-state index contributed by atoms with van der Waals surface area (Å²) >= 11 is 1.99. The van der Waals surface area contributed by atoms with Gasteiger partial charge in [0.1, 0.15) is 0 Å². The van der Waals surface area contributed by atoms with Crippen LogP contribution in [0.5, 0.6) is 0 Å². The van der Waals surface area contributed by atoms with E-state index >= 15 is 0 Å². The highest BCUT2D eigenvalue weighted by Crippen LogP contribution is 2.21. The van der Waals surface area contributed by atoms with Crippen LogP contribution in [0.15, 0.2) is 16.7 Å². The van der Waals surface area contributed by atoms with Crippen LogP contribution in [0.2, 0.25) is 0 Å². The first-order chi connectivity index (χ1) is 8.20. The van der Waals surface area contributed by atoms with Crippen molar-refractivity contribution in [3.8, 4) is 0 Å². The number of carbonyl (C=O) groups is 1. The first kappa shape index (κ1) is 12.5. The van der Waals surface area contributed by atoms with E-state index in [0.717, 1.165) is 31.0 Å². The van der Waals surface area contributed by atoms with Crippen LogP contribution in [0.4, 0.5) is 0 Å². The average molecular weight is 255 g/mol. The minimum Gasteiger partial charge on any atom is -0.459 e. The summed E-state index contributed by atoms with van der Waals surface area (Å²) in [5, 5.41) is 0.641. The van der Waals surface area contributed by atoms with Crippen LogP contribution in [-0.4, -0.2) is 34.9 Å². The maximum Gasteiger partial charge on any atom is 0.301 e. The van der Waals surface area contributed by atoms with Crippen molar-refractivity contribution >= 4 is 17.7 Å². The zero-order valence-corrected chi connectivity index (χ0v) is 10.6. The van der Waals surface area contributed by atoms with Gasteiger partial charge in [-0.3, -0.25) is 15.1 Å². The predicted octanol–water partition coefficient (Wildman–Crippen LogP) is 0.820. The molecule has 0 bridgehead atoms. The molecule has 1 saturated heterocycles. The number of hydrogen-bond donors (Lipinski definition) is 2. The summed E-state index contributed by atoms with van der Waals surface area (Å²) in [6.45, 7) is 5.05. The lowest BCUT2D eigenvalue weighted by molar-refractivity contribution is 0.0923. The van der Waals surface area contributed by atoms with Crippen LogP contribution in [0.25, 0.3) is 0 Å². The summed E-state index contributed by atoms with van der Waals surface area (Å²) < 4.78 is 5.16. The number of furan rings is 1. The summed E-state index contributed by atoms with van der Waals surface area (Å²) in [5.41, 5.74) is 2.99. The Morgan fingerprint density at radius 3 is 3.29 bits per heavy atom. The molecule has 1 atom stereocenters. The number of amides is 1. The van der Waals surface area contributed by atoms with E-state index in [0.29, 0.717) is 11.0 Å². The molecule has 1 aliphatic heterocycles. The molecule has 17 heavy (non-hydrogen) atoms. The Hall–Kier alpha value is -0.980. The van der Waals surface area contributed by atoms with Crippen LogP contribution < -0.4 is 11.3 Å². The summed E-state index contributed by atoms with van der Waals surface area (Å²) in [4.78, 5) is 13.8. The molecule has 0 spiro atoms. The molecule has 1 unspecified atom stereocenters. The number of rotatable bonds is 3. The minimum atomic E-state index is -0.371. The molecule has 2 heterocycles. The number of nitrogens with zero attached hydrogens (tertiary/aromatic N) is 1. The number of thioether (sulfide) groups is 1.